The average molecular weight is 801 g/mol. The minimum absolute atomic E-state index is 0.562. The Bertz CT molecular complexity index is 2240. The van der Waals surface area contributed by atoms with E-state index >= 15 is 0 Å². The molecule has 0 aliphatic heterocycles. The zero-order chi connectivity index (χ0) is 42.3. The van der Waals surface area contributed by atoms with Gasteiger partial charge >= 0.3 is 29.8 Å². The molecule has 22 nitrogen and oxygen atoms in total. The fraction of sp³-hybridized carbons (Fsp3) is 0.171. The summed E-state index contributed by atoms with van der Waals surface area (Å²) in [5.41, 5.74) is -5.64. The number of ether oxygens (including phenoxy) is 4. The molecule has 22 heteroatoms. The van der Waals surface area contributed by atoms with Crippen LogP contribution in [0.5, 0.6) is 69.0 Å². The molecule has 4 atom stereocenters. The molecule has 57 heavy (non-hydrogen) atoms. The van der Waals surface area contributed by atoms with E-state index in [2.05, 4.69) is 0 Å². The first-order valence-electron chi connectivity index (χ1n) is 15.7. The molecule has 0 bridgehead atoms. The highest BCUT2D eigenvalue weighted by Gasteiger charge is 2.55. The molecule has 5 rings (SSSR count). The van der Waals surface area contributed by atoms with Gasteiger partial charge in [0.05, 0.1) is 22.3 Å². The van der Waals surface area contributed by atoms with Gasteiger partial charge in [-0.2, -0.15) is 0 Å². The van der Waals surface area contributed by atoms with Gasteiger partial charge in [-0.05, 0) is 48.5 Å². The summed E-state index contributed by atoms with van der Waals surface area (Å²) in [6.45, 7) is 0. The van der Waals surface area contributed by atoms with Gasteiger partial charge in [-0.3, -0.25) is 0 Å². The highest BCUT2D eigenvalue weighted by molar-refractivity contribution is 5.95. The lowest BCUT2D eigenvalue weighted by Gasteiger charge is -2.42. The van der Waals surface area contributed by atoms with E-state index in [1.807, 2.05) is 0 Å². The Labute approximate surface area is 315 Å². The summed E-state index contributed by atoms with van der Waals surface area (Å²) < 4.78 is 20.9. The monoisotopic (exact) mass is 800 g/mol. The van der Waals surface area contributed by atoms with Crippen LogP contribution in [0.4, 0.5) is 0 Å². The maximum absolute atomic E-state index is 13.5. The summed E-state index contributed by atoms with van der Waals surface area (Å²) in [5.74, 6) is -20.1. The lowest BCUT2D eigenvalue weighted by Crippen LogP contribution is -2.59. The molecule has 0 spiro atoms. The van der Waals surface area contributed by atoms with Crippen LogP contribution in [-0.2, 0) is 19.0 Å². The van der Waals surface area contributed by atoms with Crippen LogP contribution < -0.4 is 4.74 Å². The third-order valence-corrected chi connectivity index (χ3v) is 8.36. The maximum atomic E-state index is 13.5. The third-order valence-electron chi connectivity index (χ3n) is 8.36. The number of carbonyl (C=O) groups is 5. The van der Waals surface area contributed by atoms with Crippen molar-refractivity contribution in [2.45, 2.75) is 36.8 Å². The number of rotatable bonds is 9. The molecule has 1 aliphatic rings. The van der Waals surface area contributed by atoms with Gasteiger partial charge in [-0.25, -0.2) is 24.0 Å². The molecular weight excluding hydrogens is 772 g/mol. The third kappa shape index (κ3) is 8.09. The Morgan fingerprint density at radius 1 is 0.456 bits per heavy atom. The van der Waals surface area contributed by atoms with Gasteiger partial charge < -0.3 is 85.3 Å². The Hall–Kier alpha value is -8.01. The van der Waals surface area contributed by atoms with Crippen molar-refractivity contribution in [3.63, 3.8) is 0 Å². The topological polar surface area (TPSA) is 385 Å². The molecule has 0 unspecified atom stereocenters. The molecule has 0 radical (unpaired) electrons. The van der Waals surface area contributed by atoms with Crippen LogP contribution in [0.1, 0.15) is 54.3 Å². The quantitative estimate of drug-likeness (QED) is 0.0490. The van der Waals surface area contributed by atoms with Crippen LogP contribution in [0.25, 0.3) is 0 Å². The van der Waals surface area contributed by atoms with Gasteiger partial charge in [-0.15, -0.1) is 0 Å². The van der Waals surface area contributed by atoms with Gasteiger partial charge in [0, 0.05) is 12.8 Å². The van der Waals surface area contributed by atoms with Gasteiger partial charge in [0.2, 0.25) is 5.75 Å². The summed E-state index contributed by atoms with van der Waals surface area (Å²) in [6, 6.07) is 4.92. The van der Waals surface area contributed by atoms with Crippen molar-refractivity contribution in [2.24, 2.45) is 0 Å². The van der Waals surface area contributed by atoms with E-state index in [0.717, 1.165) is 0 Å². The number of phenols is 11. The first-order valence-corrected chi connectivity index (χ1v) is 15.7. The molecule has 300 valence electrons. The van der Waals surface area contributed by atoms with E-state index in [1.165, 1.54) is 0 Å². The van der Waals surface area contributed by atoms with E-state index in [4.69, 9.17) is 18.9 Å². The molecule has 1 saturated carbocycles. The van der Waals surface area contributed by atoms with Crippen molar-refractivity contribution in [1.29, 1.82) is 0 Å². The van der Waals surface area contributed by atoms with E-state index < -0.39 is 158 Å². The molecule has 1 fully saturated rings. The normalized spacial score (nSPS) is 18.9. The fourth-order valence-corrected chi connectivity index (χ4v) is 5.51. The molecule has 0 saturated heterocycles. The maximum Gasteiger partial charge on any atom is 0.344 e. The van der Waals surface area contributed by atoms with Crippen LogP contribution in [0.15, 0.2) is 48.5 Å². The average Bonchev–Trinajstić information content (AvgIpc) is 3.13. The number of aliphatic hydroxyl groups is 1. The number of esters is 4. The van der Waals surface area contributed by atoms with Crippen molar-refractivity contribution in [1.82, 2.24) is 0 Å². The van der Waals surface area contributed by atoms with Crippen LogP contribution in [0.3, 0.4) is 0 Å². The summed E-state index contributed by atoms with van der Waals surface area (Å²) in [7, 11) is 0. The van der Waals surface area contributed by atoms with Crippen LogP contribution in [0, 0.1) is 0 Å². The molecular formula is C35H28O22. The Morgan fingerprint density at radius 3 is 1.05 bits per heavy atom. The summed E-state index contributed by atoms with van der Waals surface area (Å²) in [6.07, 6.45) is -8.56. The number of carboxylic acid groups (broad SMARTS) is 1. The van der Waals surface area contributed by atoms with Crippen LogP contribution in [0.2, 0.25) is 0 Å². The Morgan fingerprint density at radius 2 is 0.737 bits per heavy atom. The zero-order valence-electron chi connectivity index (χ0n) is 28.3. The molecule has 0 aromatic heterocycles. The molecule has 4 aromatic rings. The predicted octanol–water partition coefficient (Wildman–Crippen LogP) is 1.25. The largest absolute Gasteiger partial charge is 0.504 e. The second kappa shape index (κ2) is 15.0. The lowest BCUT2D eigenvalue weighted by molar-refractivity contribution is -0.188. The van der Waals surface area contributed by atoms with Crippen molar-refractivity contribution < 1.29 is 109 Å². The number of carbonyl (C=O) groups excluding carboxylic acids is 4. The van der Waals surface area contributed by atoms with E-state index in [1.54, 1.807) is 0 Å². The molecule has 0 heterocycles. The number of carboxylic acids is 1. The highest BCUT2D eigenvalue weighted by atomic mass is 16.6. The van der Waals surface area contributed by atoms with Gasteiger partial charge in [0.25, 0.3) is 0 Å². The molecule has 4 aromatic carbocycles. The number of hydrogen-bond acceptors (Lipinski definition) is 21. The van der Waals surface area contributed by atoms with Crippen molar-refractivity contribution in [3.8, 4) is 69.0 Å². The number of aromatic hydroxyl groups is 11. The summed E-state index contributed by atoms with van der Waals surface area (Å²) in [4.78, 5) is 64.8. The van der Waals surface area contributed by atoms with Gasteiger partial charge in [-0.1, -0.05) is 0 Å². The number of aliphatic carboxylic acids is 1. The first-order chi connectivity index (χ1) is 26.6. The van der Waals surface area contributed by atoms with Crippen molar-refractivity contribution in [2.75, 3.05) is 0 Å². The zero-order valence-corrected chi connectivity index (χ0v) is 28.3. The Kier molecular flexibility index (Phi) is 10.6. The standard InChI is InChI=1S/C35H28O22/c36-15-1-11(2-16(37)25(15)44)30(47)54-23-9-35(53,34(51)52)10-24(29(23)57-33(50)13-5-19(40)27(46)20(41)6-13)55-31(48)14-7-21(42)28(22(43)8-14)56-32(49)12-3-17(38)26(45)18(39)4-12/h1-8,23-24,29,36-46,53H,9-10H2,(H,51,52)/t23-,24-,29-,35+/m1/s1. The van der Waals surface area contributed by atoms with Crippen molar-refractivity contribution >= 4 is 29.8 Å². The van der Waals surface area contributed by atoms with E-state index in [9.17, 15) is 90.4 Å². The predicted molar refractivity (Wildman–Crippen MR) is 178 cm³/mol. The van der Waals surface area contributed by atoms with Crippen LogP contribution >= 0.6 is 0 Å². The second-order valence-electron chi connectivity index (χ2n) is 12.3. The van der Waals surface area contributed by atoms with E-state index in [0.29, 0.717) is 48.5 Å². The number of phenolic OH excluding ortho intramolecular Hbond substituents is 11. The lowest BCUT2D eigenvalue weighted by atomic mass is 9.79. The van der Waals surface area contributed by atoms with Crippen molar-refractivity contribution in [3.05, 3.63) is 70.8 Å². The van der Waals surface area contributed by atoms with Gasteiger partial charge in [0.15, 0.2) is 74.9 Å². The first kappa shape index (κ1) is 40.2. The smallest absolute Gasteiger partial charge is 0.344 e. The second-order valence-corrected chi connectivity index (χ2v) is 12.3. The van der Waals surface area contributed by atoms with Gasteiger partial charge in [0.1, 0.15) is 12.2 Å². The minimum Gasteiger partial charge on any atom is -0.504 e. The van der Waals surface area contributed by atoms with Crippen LogP contribution in [-0.4, -0.2) is 120 Å². The summed E-state index contributed by atoms with van der Waals surface area (Å²) >= 11 is 0. The summed E-state index contributed by atoms with van der Waals surface area (Å²) in [5, 5.41) is 130. The molecule has 0 amide bonds. The molecule has 13 N–H and O–H groups in total. The highest BCUT2D eigenvalue weighted by Crippen LogP contribution is 2.42. The SMILES string of the molecule is O=C(Oc1c(O)cc(C(=O)O[C@@H]2C[C@](O)(C(=O)O)C[C@@H](OC(=O)c3cc(O)c(O)c(O)c3)[C@H]2OC(=O)c2cc(O)c(O)c(O)c2)cc1O)c1cc(O)c(O)c(O)c1. The fourth-order valence-electron chi connectivity index (χ4n) is 5.51. The molecule has 1 aliphatic carbocycles. The minimum atomic E-state index is -2.94. The van der Waals surface area contributed by atoms with E-state index in [-0.39, 0.29) is 0 Å². The Balaban J connectivity index is 1.49. The number of hydrogen-bond donors (Lipinski definition) is 13. The number of benzene rings is 4.